The highest BCUT2D eigenvalue weighted by atomic mass is 16.2. The molecule has 0 unspecified atom stereocenters. The maximum Gasteiger partial charge on any atom is 0.225 e. The van der Waals surface area contributed by atoms with Gasteiger partial charge in [0.1, 0.15) is 5.82 Å². The lowest BCUT2D eigenvalue weighted by Crippen LogP contribution is -2.42. The average molecular weight is 291 g/mol. The number of carbonyl (C=O) groups is 2. The van der Waals surface area contributed by atoms with Crippen molar-refractivity contribution in [3.8, 4) is 0 Å². The second kappa shape index (κ2) is 5.46. The number of amides is 2. The van der Waals surface area contributed by atoms with Gasteiger partial charge in [0.05, 0.1) is 12.6 Å². The van der Waals surface area contributed by atoms with Crippen molar-refractivity contribution in [1.29, 1.82) is 0 Å². The van der Waals surface area contributed by atoms with Gasteiger partial charge in [-0.2, -0.15) is 5.10 Å². The van der Waals surface area contributed by atoms with Crippen molar-refractivity contribution in [3.05, 3.63) is 11.6 Å². The molecule has 2 heterocycles. The van der Waals surface area contributed by atoms with Gasteiger partial charge in [-0.15, -0.1) is 0 Å². The Morgan fingerprint density at radius 2 is 2.10 bits per heavy atom. The van der Waals surface area contributed by atoms with Crippen molar-refractivity contribution >= 4 is 11.8 Å². The van der Waals surface area contributed by atoms with Gasteiger partial charge in [-0.05, 0) is 19.8 Å². The van der Waals surface area contributed by atoms with E-state index >= 15 is 0 Å². The molecule has 1 N–H and O–H groups in total. The van der Waals surface area contributed by atoms with E-state index in [9.17, 15) is 9.59 Å². The van der Waals surface area contributed by atoms with Gasteiger partial charge in [0.25, 0.3) is 0 Å². The molecule has 7 heteroatoms. The summed E-state index contributed by atoms with van der Waals surface area (Å²) in [5.74, 6) is 2.29. The summed E-state index contributed by atoms with van der Waals surface area (Å²) in [6.07, 6.45) is 2.68. The van der Waals surface area contributed by atoms with Gasteiger partial charge in [0, 0.05) is 32.4 Å². The van der Waals surface area contributed by atoms with Crippen LogP contribution in [0.5, 0.6) is 0 Å². The zero-order chi connectivity index (χ0) is 15.0. The SMILES string of the molecule is CC(=O)NCCC(=O)N1CCn2nc(C3CC3)nc2[C@H]1C. The van der Waals surface area contributed by atoms with Crippen LogP contribution in [-0.2, 0) is 16.1 Å². The molecule has 0 aromatic carbocycles. The van der Waals surface area contributed by atoms with Gasteiger partial charge in [-0.3, -0.25) is 9.59 Å². The summed E-state index contributed by atoms with van der Waals surface area (Å²) in [5, 5.41) is 7.21. The van der Waals surface area contributed by atoms with E-state index in [0.29, 0.717) is 32.0 Å². The first-order chi connectivity index (χ1) is 10.1. The standard InChI is InChI=1S/C14H21N5O2/c1-9-14-16-13(11-3-4-11)17-19(14)8-7-18(9)12(21)5-6-15-10(2)20/h9,11H,3-8H2,1-2H3,(H,15,20)/t9-/m1/s1. The first-order valence-electron chi connectivity index (χ1n) is 7.55. The van der Waals surface area contributed by atoms with Crippen LogP contribution in [0.1, 0.15) is 56.7 Å². The average Bonchev–Trinajstić information content (AvgIpc) is 3.18. The van der Waals surface area contributed by atoms with Crippen LogP contribution in [0.4, 0.5) is 0 Å². The predicted molar refractivity (Wildman–Crippen MR) is 75.4 cm³/mol. The number of nitrogens with zero attached hydrogens (tertiary/aromatic N) is 4. The lowest BCUT2D eigenvalue weighted by atomic mass is 10.2. The van der Waals surface area contributed by atoms with Crippen LogP contribution in [-0.4, -0.2) is 44.6 Å². The van der Waals surface area contributed by atoms with Gasteiger partial charge >= 0.3 is 0 Å². The molecule has 2 amide bonds. The molecule has 1 fully saturated rings. The molecule has 1 aromatic rings. The molecule has 7 nitrogen and oxygen atoms in total. The highest BCUT2D eigenvalue weighted by Gasteiger charge is 2.34. The number of carbonyl (C=O) groups excluding carboxylic acids is 2. The van der Waals surface area contributed by atoms with Crippen molar-refractivity contribution in [2.45, 2.75) is 51.6 Å². The molecule has 0 radical (unpaired) electrons. The van der Waals surface area contributed by atoms with E-state index in [1.165, 1.54) is 19.8 Å². The number of fused-ring (bicyclic) bond motifs is 1. The predicted octanol–water partition coefficient (Wildman–Crippen LogP) is 0.585. The van der Waals surface area contributed by atoms with Gasteiger partial charge in [0.2, 0.25) is 11.8 Å². The van der Waals surface area contributed by atoms with E-state index in [2.05, 4.69) is 15.4 Å². The van der Waals surface area contributed by atoms with E-state index in [0.717, 1.165) is 11.6 Å². The van der Waals surface area contributed by atoms with Crippen LogP contribution in [0.15, 0.2) is 0 Å². The van der Waals surface area contributed by atoms with E-state index in [1.54, 1.807) is 0 Å². The number of aromatic nitrogens is 3. The Hall–Kier alpha value is -1.92. The van der Waals surface area contributed by atoms with Gasteiger partial charge < -0.3 is 10.2 Å². The molecule has 2 aliphatic rings. The molecule has 1 atom stereocenters. The van der Waals surface area contributed by atoms with Crippen LogP contribution in [0, 0.1) is 0 Å². The van der Waals surface area contributed by atoms with Crippen LogP contribution in [0.3, 0.4) is 0 Å². The van der Waals surface area contributed by atoms with E-state index < -0.39 is 0 Å². The quantitative estimate of drug-likeness (QED) is 0.880. The fourth-order valence-corrected chi connectivity index (χ4v) is 2.73. The lowest BCUT2D eigenvalue weighted by Gasteiger charge is -2.33. The maximum atomic E-state index is 12.3. The molecule has 1 aliphatic carbocycles. The van der Waals surface area contributed by atoms with E-state index in [1.807, 2.05) is 16.5 Å². The third kappa shape index (κ3) is 2.91. The summed E-state index contributed by atoms with van der Waals surface area (Å²) in [5.41, 5.74) is 0. The summed E-state index contributed by atoms with van der Waals surface area (Å²) in [4.78, 5) is 29.6. The molecular formula is C14H21N5O2. The first kappa shape index (κ1) is 14.0. The Kier molecular flexibility index (Phi) is 3.65. The topological polar surface area (TPSA) is 80.1 Å². The molecule has 3 rings (SSSR count). The number of rotatable bonds is 4. The molecule has 1 aromatic heterocycles. The van der Waals surface area contributed by atoms with Crippen LogP contribution >= 0.6 is 0 Å². The highest BCUT2D eigenvalue weighted by Crippen LogP contribution is 2.39. The van der Waals surface area contributed by atoms with Gasteiger partial charge in [-0.1, -0.05) is 0 Å². The van der Waals surface area contributed by atoms with Crippen LogP contribution < -0.4 is 5.32 Å². The molecule has 21 heavy (non-hydrogen) atoms. The molecule has 1 aliphatic heterocycles. The minimum Gasteiger partial charge on any atom is -0.356 e. The Morgan fingerprint density at radius 3 is 2.76 bits per heavy atom. The maximum absolute atomic E-state index is 12.3. The first-order valence-corrected chi connectivity index (χ1v) is 7.55. The zero-order valence-electron chi connectivity index (χ0n) is 12.5. The summed E-state index contributed by atoms with van der Waals surface area (Å²) in [7, 11) is 0. The smallest absolute Gasteiger partial charge is 0.225 e. The fourth-order valence-electron chi connectivity index (χ4n) is 2.73. The normalized spacial score (nSPS) is 21.0. The van der Waals surface area contributed by atoms with Crippen molar-refractivity contribution < 1.29 is 9.59 Å². The summed E-state index contributed by atoms with van der Waals surface area (Å²) >= 11 is 0. The van der Waals surface area contributed by atoms with Gasteiger partial charge in [-0.25, -0.2) is 9.67 Å². The van der Waals surface area contributed by atoms with Crippen LogP contribution in [0.25, 0.3) is 0 Å². The minimum absolute atomic E-state index is 0.0522. The molecular weight excluding hydrogens is 270 g/mol. The summed E-state index contributed by atoms with van der Waals surface area (Å²) in [6.45, 7) is 5.19. The summed E-state index contributed by atoms with van der Waals surface area (Å²) < 4.78 is 1.94. The Balaban J connectivity index is 1.65. The van der Waals surface area contributed by atoms with Crippen molar-refractivity contribution in [1.82, 2.24) is 25.0 Å². The fraction of sp³-hybridized carbons (Fsp3) is 0.714. The highest BCUT2D eigenvalue weighted by molar-refractivity contribution is 5.78. The van der Waals surface area contributed by atoms with Crippen molar-refractivity contribution in [3.63, 3.8) is 0 Å². The number of hydrogen-bond donors (Lipinski definition) is 1. The Bertz CT molecular complexity index is 564. The van der Waals surface area contributed by atoms with E-state index in [-0.39, 0.29) is 17.9 Å². The van der Waals surface area contributed by atoms with E-state index in [4.69, 9.17) is 0 Å². The third-order valence-electron chi connectivity index (χ3n) is 4.09. The largest absolute Gasteiger partial charge is 0.356 e. The van der Waals surface area contributed by atoms with Crippen molar-refractivity contribution in [2.75, 3.05) is 13.1 Å². The van der Waals surface area contributed by atoms with Crippen molar-refractivity contribution in [2.24, 2.45) is 0 Å². The van der Waals surface area contributed by atoms with Gasteiger partial charge in [0.15, 0.2) is 5.82 Å². The molecule has 0 bridgehead atoms. The Morgan fingerprint density at radius 1 is 1.33 bits per heavy atom. The number of nitrogens with one attached hydrogen (secondary N) is 1. The third-order valence-corrected chi connectivity index (χ3v) is 4.09. The molecule has 1 saturated carbocycles. The lowest BCUT2D eigenvalue weighted by molar-refractivity contribution is -0.134. The molecule has 114 valence electrons. The monoisotopic (exact) mass is 291 g/mol. The molecule has 0 saturated heterocycles. The number of hydrogen-bond acceptors (Lipinski definition) is 4. The minimum atomic E-state index is -0.108. The second-order valence-electron chi connectivity index (χ2n) is 5.82. The Labute approximate surface area is 123 Å². The summed E-state index contributed by atoms with van der Waals surface area (Å²) in [6, 6.07) is -0.0522. The molecule has 0 spiro atoms. The second-order valence-corrected chi connectivity index (χ2v) is 5.82. The zero-order valence-corrected chi connectivity index (χ0v) is 12.5. The van der Waals surface area contributed by atoms with Crippen LogP contribution in [0.2, 0.25) is 0 Å².